The van der Waals surface area contributed by atoms with Gasteiger partial charge in [0.1, 0.15) is 18.0 Å². The first-order valence-electron chi connectivity index (χ1n) is 12.4. The first kappa shape index (κ1) is 26.7. The number of ether oxygens (including phenoxy) is 3. The molecule has 0 spiro atoms. The zero-order valence-electron chi connectivity index (χ0n) is 21.5. The lowest BCUT2D eigenvalue weighted by Gasteiger charge is -2.37. The molecule has 2 aliphatic heterocycles. The van der Waals surface area contributed by atoms with E-state index in [2.05, 4.69) is 20.7 Å². The molecule has 1 fully saturated rings. The van der Waals surface area contributed by atoms with E-state index in [-0.39, 0.29) is 11.6 Å². The SMILES string of the molecule is COc1ncc(-c2cc3c(c(OCCN4CCC(C(C)(C)O)CC4)c2)CCOC3)cc1NS(C)(=O)=O. The lowest BCUT2D eigenvalue weighted by molar-refractivity contribution is -0.0137. The minimum Gasteiger partial charge on any atom is -0.492 e. The van der Waals surface area contributed by atoms with E-state index in [9.17, 15) is 13.5 Å². The van der Waals surface area contributed by atoms with E-state index in [4.69, 9.17) is 14.2 Å². The molecular formula is C26H37N3O6S. The molecule has 2 aliphatic rings. The Morgan fingerprint density at radius 1 is 1.22 bits per heavy atom. The lowest BCUT2D eigenvalue weighted by Crippen LogP contribution is -2.43. The van der Waals surface area contributed by atoms with Crippen LogP contribution in [0.5, 0.6) is 11.6 Å². The number of methoxy groups -OCH3 is 1. The molecule has 0 aliphatic carbocycles. The number of piperidine rings is 1. The van der Waals surface area contributed by atoms with E-state index in [1.807, 2.05) is 19.9 Å². The van der Waals surface area contributed by atoms with Crippen molar-refractivity contribution in [1.29, 1.82) is 0 Å². The number of nitrogens with one attached hydrogen (secondary N) is 1. The largest absolute Gasteiger partial charge is 0.492 e. The highest BCUT2D eigenvalue weighted by atomic mass is 32.2. The van der Waals surface area contributed by atoms with Crippen LogP contribution in [-0.4, -0.2) is 75.2 Å². The number of benzene rings is 1. The van der Waals surface area contributed by atoms with Gasteiger partial charge in [0.15, 0.2) is 0 Å². The minimum absolute atomic E-state index is 0.204. The van der Waals surface area contributed by atoms with Gasteiger partial charge in [0.25, 0.3) is 0 Å². The molecule has 9 nitrogen and oxygen atoms in total. The monoisotopic (exact) mass is 519 g/mol. The molecule has 1 aromatic heterocycles. The summed E-state index contributed by atoms with van der Waals surface area (Å²) in [6.45, 7) is 8.24. The summed E-state index contributed by atoms with van der Waals surface area (Å²) >= 11 is 0. The molecule has 0 bridgehead atoms. The highest BCUT2D eigenvalue weighted by molar-refractivity contribution is 7.92. The van der Waals surface area contributed by atoms with Crippen molar-refractivity contribution in [3.8, 4) is 22.8 Å². The van der Waals surface area contributed by atoms with Crippen LogP contribution in [0.25, 0.3) is 11.1 Å². The molecule has 2 N–H and O–H groups in total. The summed E-state index contributed by atoms with van der Waals surface area (Å²) in [5, 5.41) is 10.3. The normalized spacial score (nSPS) is 17.5. The molecule has 0 radical (unpaired) electrons. The van der Waals surface area contributed by atoms with E-state index in [1.165, 1.54) is 7.11 Å². The first-order chi connectivity index (χ1) is 17.0. The fourth-order valence-corrected chi connectivity index (χ4v) is 5.51. The molecule has 3 heterocycles. The fraction of sp³-hybridized carbons (Fsp3) is 0.577. The topological polar surface area (TPSA) is 110 Å². The van der Waals surface area contributed by atoms with Gasteiger partial charge in [0.2, 0.25) is 15.9 Å². The second-order valence-corrected chi connectivity index (χ2v) is 11.9. The number of fused-ring (bicyclic) bond motifs is 1. The van der Waals surface area contributed by atoms with Crippen LogP contribution in [0.1, 0.15) is 37.8 Å². The Labute approximate surface area is 213 Å². The summed E-state index contributed by atoms with van der Waals surface area (Å²) in [5.41, 5.74) is 3.48. The van der Waals surface area contributed by atoms with Crippen LogP contribution < -0.4 is 14.2 Å². The van der Waals surface area contributed by atoms with Crippen LogP contribution in [0, 0.1) is 5.92 Å². The predicted molar refractivity (Wildman–Crippen MR) is 139 cm³/mol. The van der Waals surface area contributed by atoms with E-state index in [0.717, 1.165) is 73.2 Å². The second kappa shape index (κ2) is 10.9. The van der Waals surface area contributed by atoms with Crippen LogP contribution >= 0.6 is 0 Å². The minimum atomic E-state index is -3.50. The van der Waals surface area contributed by atoms with Gasteiger partial charge in [-0.1, -0.05) is 0 Å². The van der Waals surface area contributed by atoms with Crippen LogP contribution in [0.3, 0.4) is 0 Å². The molecule has 1 saturated heterocycles. The van der Waals surface area contributed by atoms with Gasteiger partial charge >= 0.3 is 0 Å². The van der Waals surface area contributed by atoms with Crippen molar-refractivity contribution in [2.75, 3.05) is 50.9 Å². The van der Waals surface area contributed by atoms with Gasteiger partial charge in [0.05, 0.1) is 32.2 Å². The zero-order valence-corrected chi connectivity index (χ0v) is 22.4. The van der Waals surface area contributed by atoms with E-state index in [0.29, 0.717) is 25.7 Å². The average Bonchev–Trinajstić information content (AvgIpc) is 2.82. The van der Waals surface area contributed by atoms with Crippen molar-refractivity contribution < 1.29 is 27.7 Å². The maximum Gasteiger partial charge on any atom is 0.238 e. The molecule has 4 rings (SSSR count). The van der Waals surface area contributed by atoms with Crippen LogP contribution in [-0.2, 0) is 27.8 Å². The highest BCUT2D eigenvalue weighted by Crippen LogP contribution is 2.36. The van der Waals surface area contributed by atoms with E-state index < -0.39 is 15.6 Å². The van der Waals surface area contributed by atoms with Gasteiger partial charge in [-0.3, -0.25) is 9.62 Å². The van der Waals surface area contributed by atoms with E-state index >= 15 is 0 Å². The molecule has 0 atom stereocenters. The number of likely N-dealkylation sites (tertiary alicyclic amines) is 1. The van der Waals surface area contributed by atoms with Gasteiger partial charge in [-0.15, -0.1) is 0 Å². The molecule has 2 aromatic rings. The Morgan fingerprint density at radius 3 is 2.64 bits per heavy atom. The van der Waals surface area contributed by atoms with Gasteiger partial charge < -0.3 is 19.3 Å². The van der Waals surface area contributed by atoms with Crippen molar-refractivity contribution in [1.82, 2.24) is 9.88 Å². The Bertz CT molecular complexity index is 1170. The molecular weight excluding hydrogens is 482 g/mol. The van der Waals surface area contributed by atoms with Crippen molar-refractivity contribution in [2.45, 2.75) is 45.3 Å². The summed E-state index contributed by atoms with van der Waals surface area (Å²) in [5.74, 6) is 1.36. The third-order valence-electron chi connectivity index (χ3n) is 6.98. The number of sulfonamides is 1. The molecule has 0 saturated carbocycles. The summed E-state index contributed by atoms with van der Waals surface area (Å²) in [6, 6.07) is 5.77. The molecule has 0 amide bonds. The Kier molecular flexibility index (Phi) is 8.09. The number of hydrogen-bond donors (Lipinski definition) is 2. The third-order valence-corrected chi connectivity index (χ3v) is 7.57. The molecule has 36 heavy (non-hydrogen) atoms. The maximum atomic E-state index is 11.8. The van der Waals surface area contributed by atoms with E-state index in [1.54, 1.807) is 12.3 Å². The Hall–Kier alpha value is -2.40. The third kappa shape index (κ3) is 6.67. The standard InChI is InChI=1S/C26H37N3O6S/c1-26(2,30)21-5-8-29(9-6-21)10-12-35-24-15-18(13-20-17-34-11-7-22(20)24)19-14-23(28-36(4,31)32)25(33-3)27-16-19/h13-16,21,28,30H,5-12,17H2,1-4H3. The average molecular weight is 520 g/mol. The summed E-state index contributed by atoms with van der Waals surface area (Å²) in [4.78, 5) is 6.69. The number of nitrogens with zero attached hydrogens (tertiary/aromatic N) is 2. The van der Waals surface area contributed by atoms with Gasteiger partial charge in [-0.05, 0) is 81.4 Å². The number of rotatable bonds is 9. The fourth-order valence-electron chi connectivity index (χ4n) is 4.96. The first-order valence-corrected chi connectivity index (χ1v) is 14.3. The van der Waals surface area contributed by atoms with Crippen LogP contribution in [0.15, 0.2) is 24.4 Å². The van der Waals surface area contributed by atoms with Crippen LogP contribution in [0.4, 0.5) is 5.69 Å². The van der Waals surface area contributed by atoms with Gasteiger partial charge in [0, 0.05) is 23.9 Å². The molecule has 10 heteroatoms. The van der Waals surface area contributed by atoms with Crippen molar-refractivity contribution in [3.05, 3.63) is 35.5 Å². The number of aliphatic hydroxyl groups is 1. The highest BCUT2D eigenvalue weighted by Gasteiger charge is 2.30. The molecule has 1 aromatic carbocycles. The Morgan fingerprint density at radius 2 is 1.97 bits per heavy atom. The maximum absolute atomic E-state index is 11.8. The molecule has 0 unspecified atom stereocenters. The number of pyridine rings is 1. The quantitative estimate of drug-likeness (QED) is 0.520. The van der Waals surface area contributed by atoms with Gasteiger partial charge in [-0.2, -0.15) is 0 Å². The number of hydrogen-bond acceptors (Lipinski definition) is 8. The number of aromatic nitrogens is 1. The second-order valence-electron chi connectivity index (χ2n) is 10.2. The van der Waals surface area contributed by atoms with Gasteiger partial charge in [-0.25, -0.2) is 13.4 Å². The molecule has 198 valence electrons. The van der Waals surface area contributed by atoms with Crippen molar-refractivity contribution in [2.24, 2.45) is 5.92 Å². The van der Waals surface area contributed by atoms with Crippen LogP contribution in [0.2, 0.25) is 0 Å². The summed E-state index contributed by atoms with van der Waals surface area (Å²) in [6.07, 6.45) is 5.51. The number of anilines is 1. The Balaban J connectivity index is 1.51. The van der Waals surface area contributed by atoms with Crippen molar-refractivity contribution in [3.63, 3.8) is 0 Å². The summed E-state index contributed by atoms with van der Waals surface area (Å²) in [7, 11) is -2.05. The summed E-state index contributed by atoms with van der Waals surface area (Å²) < 4.78 is 43.4. The van der Waals surface area contributed by atoms with Crippen molar-refractivity contribution >= 4 is 15.7 Å². The smallest absolute Gasteiger partial charge is 0.238 e. The zero-order chi connectivity index (χ0) is 25.9. The lowest BCUT2D eigenvalue weighted by atomic mass is 9.83. The predicted octanol–water partition coefficient (Wildman–Crippen LogP) is 3.06.